The van der Waals surface area contributed by atoms with Gasteiger partial charge in [-0.25, -0.2) is 0 Å². The molecule has 0 radical (unpaired) electrons. The van der Waals surface area contributed by atoms with Gasteiger partial charge in [0.1, 0.15) is 18.3 Å². The molecule has 1 fully saturated rings. The zero-order valence-electron chi connectivity index (χ0n) is 7.29. The Balaban J connectivity index is 2.66. The summed E-state index contributed by atoms with van der Waals surface area (Å²) in [4.78, 5) is 0. The van der Waals surface area contributed by atoms with E-state index in [1.165, 1.54) is 7.05 Å². The minimum Gasteiger partial charge on any atom is -0.394 e. The van der Waals surface area contributed by atoms with E-state index in [1.54, 1.807) is 0 Å². The van der Waals surface area contributed by atoms with Crippen LogP contribution in [0.1, 0.15) is 0 Å². The number of aliphatic hydroxyl groups excluding tert-OH is 4. The van der Waals surface area contributed by atoms with Crippen LogP contribution in [0.5, 0.6) is 0 Å². The number of ether oxygens (including phenoxy) is 1. The van der Waals surface area contributed by atoms with E-state index >= 15 is 0 Å². The SMILES string of the molecule is CNC1C(O)O[C@H](CO)[C@H](O)[C@@H]1O. The van der Waals surface area contributed by atoms with E-state index in [4.69, 9.17) is 9.84 Å². The minimum atomic E-state index is -1.22. The van der Waals surface area contributed by atoms with Crippen LogP contribution in [0.4, 0.5) is 0 Å². The molecular weight excluding hydrogens is 178 g/mol. The summed E-state index contributed by atoms with van der Waals surface area (Å²) < 4.78 is 4.85. The van der Waals surface area contributed by atoms with Crippen molar-refractivity contribution in [3.8, 4) is 0 Å². The Kier molecular flexibility index (Phi) is 3.60. The van der Waals surface area contributed by atoms with Gasteiger partial charge in [0.05, 0.1) is 12.6 Å². The summed E-state index contributed by atoms with van der Waals surface area (Å²) in [5, 5.41) is 39.4. The fourth-order valence-corrected chi connectivity index (χ4v) is 1.41. The molecule has 6 nitrogen and oxygen atoms in total. The zero-order valence-corrected chi connectivity index (χ0v) is 7.29. The van der Waals surface area contributed by atoms with Gasteiger partial charge in [0.15, 0.2) is 6.29 Å². The maximum absolute atomic E-state index is 9.45. The van der Waals surface area contributed by atoms with E-state index in [2.05, 4.69) is 5.32 Å². The van der Waals surface area contributed by atoms with Crippen molar-refractivity contribution < 1.29 is 25.2 Å². The Hall–Kier alpha value is -0.240. The van der Waals surface area contributed by atoms with Gasteiger partial charge >= 0.3 is 0 Å². The molecule has 13 heavy (non-hydrogen) atoms. The predicted octanol–water partition coefficient (Wildman–Crippen LogP) is -2.99. The fourth-order valence-electron chi connectivity index (χ4n) is 1.41. The van der Waals surface area contributed by atoms with Crippen LogP contribution in [-0.4, -0.2) is 64.7 Å². The summed E-state index contributed by atoms with van der Waals surface area (Å²) in [7, 11) is 1.53. The van der Waals surface area contributed by atoms with Crippen LogP contribution < -0.4 is 5.32 Å². The third kappa shape index (κ3) is 1.98. The van der Waals surface area contributed by atoms with Crippen LogP contribution in [0.15, 0.2) is 0 Å². The molecule has 1 aliphatic heterocycles. The molecule has 2 unspecified atom stereocenters. The van der Waals surface area contributed by atoms with Crippen molar-refractivity contribution in [3.05, 3.63) is 0 Å². The van der Waals surface area contributed by atoms with Crippen molar-refractivity contribution >= 4 is 0 Å². The quantitative estimate of drug-likeness (QED) is 0.320. The Morgan fingerprint density at radius 3 is 2.31 bits per heavy atom. The van der Waals surface area contributed by atoms with Gasteiger partial charge in [-0.15, -0.1) is 0 Å². The lowest BCUT2D eigenvalue weighted by Crippen LogP contribution is -2.62. The molecule has 0 amide bonds. The molecule has 0 bridgehead atoms. The summed E-state index contributed by atoms with van der Waals surface area (Å²) in [6, 6.07) is -0.738. The third-order valence-corrected chi connectivity index (χ3v) is 2.23. The van der Waals surface area contributed by atoms with E-state index in [1.807, 2.05) is 0 Å². The van der Waals surface area contributed by atoms with E-state index < -0.39 is 37.3 Å². The fraction of sp³-hybridized carbons (Fsp3) is 1.00. The van der Waals surface area contributed by atoms with Crippen LogP contribution in [0.2, 0.25) is 0 Å². The van der Waals surface area contributed by atoms with Crippen LogP contribution in [0.25, 0.3) is 0 Å². The molecule has 0 saturated carbocycles. The highest BCUT2D eigenvalue weighted by Gasteiger charge is 2.42. The normalized spacial score (nSPS) is 46.4. The van der Waals surface area contributed by atoms with E-state index in [9.17, 15) is 15.3 Å². The first kappa shape index (κ1) is 10.8. The summed E-state index contributed by atoms with van der Waals surface area (Å²) in [5.74, 6) is 0. The van der Waals surface area contributed by atoms with Crippen molar-refractivity contribution in [1.82, 2.24) is 5.32 Å². The summed E-state index contributed by atoms with van der Waals surface area (Å²) in [5.41, 5.74) is 0. The maximum Gasteiger partial charge on any atom is 0.173 e. The molecule has 1 heterocycles. The van der Waals surface area contributed by atoms with Gasteiger partial charge in [0.25, 0.3) is 0 Å². The smallest absolute Gasteiger partial charge is 0.173 e. The molecular formula is C7H15NO5. The monoisotopic (exact) mass is 193 g/mol. The van der Waals surface area contributed by atoms with Gasteiger partial charge in [0, 0.05) is 0 Å². The van der Waals surface area contributed by atoms with E-state index in [0.29, 0.717) is 0 Å². The molecule has 5 N–H and O–H groups in total. The van der Waals surface area contributed by atoms with Crippen molar-refractivity contribution in [2.45, 2.75) is 30.6 Å². The van der Waals surface area contributed by atoms with Gasteiger partial charge in [-0.2, -0.15) is 0 Å². The van der Waals surface area contributed by atoms with Crippen LogP contribution >= 0.6 is 0 Å². The molecule has 1 aliphatic rings. The first-order valence-electron chi connectivity index (χ1n) is 4.09. The molecule has 6 heteroatoms. The van der Waals surface area contributed by atoms with Crippen molar-refractivity contribution in [2.75, 3.05) is 13.7 Å². The van der Waals surface area contributed by atoms with Gasteiger partial charge in [-0.1, -0.05) is 0 Å². The second kappa shape index (κ2) is 4.32. The molecule has 5 atom stereocenters. The predicted molar refractivity (Wildman–Crippen MR) is 42.8 cm³/mol. The highest BCUT2D eigenvalue weighted by molar-refractivity contribution is 4.91. The lowest BCUT2D eigenvalue weighted by atomic mass is 9.97. The number of likely N-dealkylation sites (N-methyl/N-ethyl adjacent to an activating group) is 1. The van der Waals surface area contributed by atoms with Crippen LogP contribution in [0, 0.1) is 0 Å². The molecule has 0 aromatic heterocycles. The lowest BCUT2D eigenvalue weighted by Gasteiger charge is -2.39. The molecule has 78 valence electrons. The minimum absolute atomic E-state index is 0.439. The molecule has 0 spiro atoms. The summed E-state index contributed by atoms with van der Waals surface area (Å²) >= 11 is 0. The average Bonchev–Trinajstić information content (AvgIpc) is 2.12. The standard InChI is InChI=1S/C7H15NO5/c1-8-4-6(11)5(10)3(2-9)13-7(4)12/h3-12H,2H2,1H3/t3-,4?,5+,6-,7?/m1/s1. The Morgan fingerprint density at radius 1 is 1.23 bits per heavy atom. The lowest BCUT2D eigenvalue weighted by molar-refractivity contribution is -0.253. The maximum atomic E-state index is 9.45. The van der Waals surface area contributed by atoms with E-state index in [-0.39, 0.29) is 0 Å². The average molecular weight is 193 g/mol. The third-order valence-electron chi connectivity index (χ3n) is 2.23. The second-order valence-corrected chi connectivity index (χ2v) is 3.04. The first-order valence-corrected chi connectivity index (χ1v) is 4.09. The Labute approximate surface area is 75.8 Å². The molecule has 0 aliphatic carbocycles. The summed E-state index contributed by atoms with van der Waals surface area (Å²) in [6.45, 7) is -0.439. The topological polar surface area (TPSA) is 102 Å². The molecule has 1 saturated heterocycles. The van der Waals surface area contributed by atoms with Gasteiger partial charge < -0.3 is 30.5 Å². The van der Waals surface area contributed by atoms with Gasteiger partial charge in [-0.3, -0.25) is 0 Å². The van der Waals surface area contributed by atoms with Gasteiger partial charge in [0.2, 0.25) is 0 Å². The summed E-state index contributed by atoms with van der Waals surface area (Å²) in [6.07, 6.45) is -4.49. The molecule has 1 rings (SSSR count). The number of rotatable bonds is 2. The number of aliphatic hydroxyl groups is 4. The van der Waals surface area contributed by atoms with Gasteiger partial charge in [-0.05, 0) is 7.05 Å². The number of nitrogens with one attached hydrogen (secondary N) is 1. The highest BCUT2D eigenvalue weighted by atomic mass is 16.6. The second-order valence-electron chi connectivity index (χ2n) is 3.04. The highest BCUT2D eigenvalue weighted by Crippen LogP contribution is 2.18. The van der Waals surface area contributed by atoms with Crippen LogP contribution in [-0.2, 0) is 4.74 Å². The first-order chi connectivity index (χ1) is 6.11. The number of hydrogen-bond acceptors (Lipinski definition) is 6. The van der Waals surface area contributed by atoms with Crippen molar-refractivity contribution in [1.29, 1.82) is 0 Å². The Morgan fingerprint density at radius 2 is 1.85 bits per heavy atom. The van der Waals surface area contributed by atoms with Crippen molar-refractivity contribution in [2.24, 2.45) is 0 Å². The number of hydrogen-bond donors (Lipinski definition) is 5. The van der Waals surface area contributed by atoms with Crippen molar-refractivity contribution in [3.63, 3.8) is 0 Å². The van der Waals surface area contributed by atoms with E-state index in [0.717, 1.165) is 0 Å². The zero-order chi connectivity index (χ0) is 10.0. The van der Waals surface area contributed by atoms with Crippen LogP contribution in [0.3, 0.4) is 0 Å². The Bertz CT molecular complexity index is 167. The molecule has 0 aromatic carbocycles. The largest absolute Gasteiger partial charge is 0.394 e. The molecule has 0 aromatic rings.